The van der Waals surface area contributed by atoms with Gasteiger partial charge >= 0.3 is 0 Å². The fourth-order valence-electron chi connectivity index (χ4n) is 2.76. The number of ether oxygens (including phenoxy) is 2. The zero-order valence-electron chi connectivity index (χ0n) is 17.4. The second kappa shape index (κ2) is 11.6. The SMILES string of the molecule is COc1cccc(CNCCc2ccccc2F)c1OCC(=O)NC(C)(C)C.Cl. The Labute approximate surface area is 178 Å². The van der Waals surface area contributed by atoms with Crippen LogP contribution in [-0.2, 0) is 17.8 Å². The molecule has 0 atom stereocenters. The molecule has 0 bridgehead atoms. The van der Waals surface area contributed by atoms with Gasteiger partial charge in [-0.3, -0.25) is 4.79 Å². The Hall–Kier alpha value is -2.31. The fraction of sp³-hybridized carbons (Fsp3) is 0.409. The number of halogens is 2. The zero-order valence-corrected chi connectivity index (χ0v) is 18.2. The molecule has 0 aliphatic carbocycles. The van der Waals surface area contributed by atoms with Crippen molar-refractivity contribution in [1.29, 1.82) is 0 Å². The van der Waals surface area contributed by atoms with Crippen molar-refractivity contribution in [1.82, 2.24) is 10.6 Å². The molecule has 0 saturated heterocycles. The molecule has 1 amide bonds. The smallest absolute Gasteiger partial charge is 0.258 e. The second-order valence-electron chi connectivity index (χ2n) is 7.55. The van der Waals surface area contributed by atoms with Crippen LogP contribution in [0.4, 0.5) is 4.39 Å². The van der Waals surface area contributed by atoms with Gasteiger partial charge in [0.25, 0.3) is 5.91 Å². The van der Waals surface area contributed by atoms with Gasteiger partial charge in [-0.2, -0.15) is 0 Å². The molecule has 160 valence electrons. The van der Waals surface area contributed by atoms with Crippen LogP contribution in [0.5, 0.6) is 11.5 Å². The van der Waals surface area contributed by atoms with E-state index in [9.17, 15) is 9.18 Å². The van der Waals surface area contributed by atoms with Crippen LogP contribution < -0.4 is 20.1 Å². The number of carbonyl (C=O) groups is 1. The second-order valence-corrected chi connectivity index (χ2v) is 7.55. The van der Waals surface area contributed by atoms with E-state index < -0.39 is 0 Å². The predicted molar refractivity (Wildman–Crippen MR) is 115 cm³/mol. The van der Waals surface area contributed by atoms with Gasteiger partial charge in [0.1, 0.15) is 5.82 Å². The van der Waals surface area contributed by atoms with Gasteiger partial charge < -0.3 is 20.1 Å². The summed E-state index contributed by atoms with van der Waals surface area (Å²) in [6, 6.07) is 12.3. The lowest BCUT2D eigenvalue weighted by Gasteiger charge is -2.21. The maximum absolute atomic E-state index is 13.7. The lowest BCUT2D eigenvalue weighted by Crippen LogP contribution is -2.43. The van der Waals surface area contributed by atoms with Crippen molar-refractivity contribution >= 4 is 18.3 Å². The highest BCUT2D eigenvalue weighted by Gasteiger charge is 2.16. The summed E-state index contributed by atoms with van der Waals surface area (Å²) in [5.74, 6) is 0.709. The molecule has 2 aromatic carbocycles. The van der Waals surface area contributed by atoms with Crippen molar-refractivity contribution in [3.05, 3.63) is 59.4 Å². The van der Waals surface area contributed by atoms with Gasteiger partial charge in [0.2, 0.25) is 0 Å². The largest absolute Gasteiger partial charge is 0.493 e. The van der Waals surface area contributed by atoms with Crippen LogP contribution in [0.25, 0.3) is 0 Å². The number of methoxy groups -OCH3 is 1. The van der Waals surface area contributed by atoms with Crippen LogP contribution in [0.15, 0.2) is 42.5 Å². The Bertz CT molecular complexity index is 794. The summed E-state index contributed by atoms with van der Waals surface area (Å²) in [6.07, 6.45) is 0.584. The molecule has 0 heterocycles. The van der Waals surface area contributed by atoms with E-state index in [2.05, 4.69) is 10.6 Å². The standard InChI is InChI=1S/C22H29FN2O3.ClH/c1-22(2,3)25-20(26)15-28-21-17(9-7-11-19(21)27-4)14-24-13-12-16-8-5-6-10-18(16)23;/h5-11,24H,12-15H2,1-4H3,(H,25,26);1H. The van der Waals surface area contributed by atoms with Crippen molar-refractivity contribution in [3.8, 4) is 11.5 Å². The Morgan fingerprint density at radius 1 is 1.07 bits per heavy atom. The first-order chi connectivity index (χ1) is 13.3. The highest BCUT2D eigenvalue weighted by Crippen LogP contribution is 2.31. The van der Waals surface area contributed by atoms with Gasteiger partial charge in [0.15, 0.2) is 18.1 Å². The predicted octanol–water partition coefficient (Wildman–Crippen LogP) is 3.88. The van der Waals surface area contributed by atoms with Crippen LogP contribution in [0.1, 0.15) is 31.9 Å². The van der Waals surface area contributed by atoms with E-state index in [0.29, 0.717) is 36.6 Å². The van der Waals surface area contributed by atoms with Gasteiger partial charge in [0.05, 0.1) is 7.11 Å². The molecule has 2 aromatic rings. The molecule has 7 heteroatoms. The lowest BCUT2D eigenvalue weighted by molar-refractivity contribution is -0.124. The number of hydrogen-bond acceptors (Lipinski definition) is 4. The van der Waals surface area contributed by atoms with Crippen LogP contribution in [0.3, 0.4) is 0 Å². The number of rotatable bonds is 9. The average molecular weight is 425 g/mol. The number of nitrogens with one attached hydrogen (secondary N) is 2. The lowest BCUT2D eigenvalue weighted by atomic mass is 10.1. The summed E-state index contributed by atoms with van der Waals surface area (Å²) >= 11 is 0. The molecule has 0 aliphatic heterocycles. The fourth-order valence-corrected chi connectivity index (χ4v) is 2.76. The van der Waals surface area contributed by atoms with Crippen molar-refractivity contribution in [3.63, 3.8) is 0 Å². The topological polar surface area (TPSA) is 59.6 Å². The average Bonchev–Trinajstić information content (AvgIpc) is 2.63. The van der Waals surface area contributed by atoms with Crippen molar-refractivity contribution in [2.45, 2.75) is 39.3 Å². The van der Waals surface area contributed by atoms with Gasteiger partial charge in [-0.1, -0.05) is 30.3 Å². The van der Waals surface area contributed by atoms with Crippen LogP contribution in [-0.4, -0.2) is 31.7 Å². The van der Waals surface area contributed by atoms with Crippen LogP contribution >= 0.6 is 12.4 Å². The summed E-state index contributed by atoms with van der Waals surface area (Å²) in [7, 11) is 1.56. The first-order valence-corrected chi connectivity index (χ1v) is 9.34. The third-order valence-corrected chi connectivity index (χ3v) is 3.99. The maximum atomic E-state index is 13.7. The minimum absolute atomic E-state index is 0. The monoisotopic (exact) mass is 424 g/mol. The Morgan fingerprint density at radius 2 is 1.76 bits per heavy atom. The molecule has 0 unspecified atom stereocenters. The van der Waals surface area contributed by atoms with E-state index in [0.717, 1.165) is 5.56 Å². The summed E-state index contributed by atoms with van der Waals surface area (Å²) < 4.78 is 24.8. The minimum Gasteiger partial charge on any atom is -0.493 e. The van der Waals surface area contributed by atoms with E-state index in [1.54, 1.807) is 25.3 Å². The molecule has 0 fully saturated rings. The molecule has 0 spiro atoms. The Balaban J connectivity index is 0.00000420. The van der Waals surface area contributed by atoms with Gasteiger partial charge in [0, 0.05) is 17.6 Å². The summed E-state index contributed by atoms with van der Waals surface area (Å²) in [4.78, 5) is 12.1. The highest BCUT2D eigenvalue weighted by atomic mass is 35.5. The number of benzene rings is 2. The quantitative estimate of drug-likeness (QED) is 0.600. The van der Waals surface area contributed by atoms with E-state index >= 15 is 0 Å². The molecule has 0 saturated carbocycles. The highest BCUT2D eigenvalue weighted by molar-refractivity contribution is 5.85. The van der Waals surface area contributed by atoms with Crippen molar-refractivity contribution in [2.75, 3.05) is 20.3 Å². The Kier molecular flexibility index (Phi) is 9.92. The number of para-hydroxylation sites is 1. The Morgan fingerprint density at radius 3 is 2.41 bits per heavy atom. The van der Waals surface area contributed by atoms with Gasteiger partial charge in [-0.05, 0) is 51.4 Å². The molecule has 2 N–H and O–H groups in total. The first-order valence-electron chi connectivity index (χ1n) is 9.34. The maximum Gasteiger partial charge on any atom is 0.258 e. The molecule has 5 nitrogen and oxygen atoms in total. The summed E-state index contributed by atoms with van der Waals surface area (Å²) in [5, 5.41) is 6.16. The normalized spacial score (nSPS) is 10.8. The van der Waals surface area contributed by atoms with Gasteiger partial charge in [-0.25, -0.2) is 4.39 Å². The molecular weight excluding hydrogens is 395 g/mol. The third kappa shape index (κ3) is 8.30. The van der Waals surface area contributed by atoms with Crippen molar-refractivity contribution < 1.29 is 18.7 Å². The molecule has 29 heavy (non-hydrogen) atoms. The third-order valence-electron chi connectivity index (χ3n) is 3.99. The number of hydrogen-bond donors (Lipinski definition) is 2. The number of carbonyl (C=O) groups excluding carboxylic acids is 1. The van der Waals surface area contributed by atoms with E-state index in [1.807, 2.05) is 39.0 Å². The van der Waals surface area contributed by atoms with E-state index in [-0.39, 0.29) is 36.3 Å². The molecular formula is C22H30ClFN2O3. The van der Waals surface area contributed by atoms with E-state index in [1.165, 1.54) is 6.07 Å². The van der Waals surface area contributed by atoms with Crippen molar-refractivity contribution in [2.24, 2.45) is 0 Å². The summed E-state index contributed by atoms with van der Waals surface area (Å²) in [5.41, 5.74) is 1.23. The molecule has 0 aliphatic rings. The van der Waals surface area contributed by atoms with Crippen LogP contribution in [0, 0.1) is 5.82 Å². The molecule has 0 radical (unpaired) electrons. The van der Waals surface area contributed by atoms with Gasteiger partial charge in [-0.15, -0.1) is 12.4 Å². The molecule has 2 rings (SSSR count). The zero-order chi connectivity index (χ0) is 20.6. The number of amides is 1. The summed E-state index contributed by atoms with van der Waals surface area (Å²) in [6.45, 7) is 6.78. The minimum atomic E-state index is -0.321. The molecule has 0 aromatic heterocycles. The van der Waals surface area contributed by atoms with E-state index in [4.69, 9.17) is 9.47 Å². The first kappa shape index (κ1) is 24.7. The van der Waals surface area contributed by atoms with Crippen LogP contribution in [0.2, 0.25) is 0 Å².